The van der Waals surface area contributed by atoms with Gasteiger partial charge < -0.3 is 10.0 Å². The van der Waals surface area contributed by atoms with E-state index >= 15 is 0 Å². The first-order valence-electron chi connectivity index (χ1n) is 11.2. The van der Waals surface area contributed by atoms with E-state index in [2.05, 4.69) is 15.9 Å². The monoisotopic (exact) mass is 553 g/mol. The van der Waals surface area contributed by atoms with Crippen molar-refractivity contribution in [3.05, 3.63) is 97.8 Å². The van der Waals surface area contributed by atoms with Gasteiger partial charge in [0.25, 0.3) is 11.5 Å². The number of carboxylic acids is 1. The molecule has 2 aromatic carbocycles. The molecule has 7 nitrogen and oxygen atoms in total. The Morgan fingerprint density at radius 1 is 1.03 bits per heavy atom. The summed E-state index contributed by atoms with van der Waals surface area (Å²) >= 11 is 4.79. The van der Waals surface area contributed by atoms with Gasteiger partial charge >= 0.3 is 5.97 Å². The molecule has 4 rings (SSSR count). The zero-order valence-electron chi connectivity index (χ0n) is 18.9. The van der Waals surface area contributed by atoms with Crippen molar-refractivity contribution in [2.45, 2.75) is 25.8 Å². The first-order valence-corrected chi connectivity index (χ1v) is 12.9. The van der Waals surface area contributed by atoms with Crippen molar-refractivity contribution >= 4 is 49.4 Å². The lowest BCUT2D eigenvalue weighted by Crippen LogP contribution is -2.34. The second-order valence-electron chi connectivity index (χ2n) is 8.09. The standard InChI is InChI=1S/C26H24BrN3O4S/c27-20-10-8-19(9-11-20)25(33)29(15-12-23(31)32)14-4-7-22-28-24-21(13-16-35-24)26(34)30(22)17-18-5-2-1-3-6-18/h1-3,5-6,8-11,13,16H,4,7,12,14-15,17H2,(H,31,32). The van der Waals surface area contributed by atoms with E-state index < -0.39 is 5.97 Å². The van der Waals surface area contributed by atoms with E-state index in [-0.39, 0.29) is 24.4 Å². The van der Waals surface area contributed by atoms with Crippen LogP contribution in [0.3, 0.4) is 0 Å². The average molecular weight is 554 g/mol. The summed E-state index contributed by atoms with van der Waals surface area (Å²) in [4.78, 5) is 44.4. The third-order valence-electron chi connectivity index (χ3n) is 5.65. The van der Waals surface area contributed by atoms with Gasteiger partial charge in [-0.1, -0.05) is 46.3 Å². The number of hydrogen-bond acceptors (Lipinski definition) is 5. The maximum Gasteiger partial charge on any atom is 0.305 e. The maximum absolute atomic E-state index is 13.2. The van der Waals surface area contributed by atoms with Gasteiger partial charge in [-0.2, -0.15) is 0 Å². The number of halogens is 1. The molecule has 0 spiro atoms. The minimum absolute atomic E-state index is 0.0798. The van der Waals surface area contributed by atoms with E-state index in [1.54, 1.807) is 39.8 Å². The SMILES string of the molecule is O=C(O)CCN(CCCc1nc2sccc2c(=O)n1Cc1ccccc1)C(=O)c1ccc(Br)cc1. The molecule has 4 aromatic rings. The van der Waals surface area contributed by atoms with Gasteiger partial charge in [0.2, 0.25) is 0 Å². The van der Waals surface area contributed by atoms with Crippen LogP contribution in [0.2, 0.25) is 0 Å². The molecule has 1 amide bonds. The second-order valence-corrected chi connectivity index (χ2v) is 9.90. The van der Waals surface area contributed by atoms with Gasteiger partial charge in [0.1, 0.15) is 10.7 Å². The summed E-state index contributed by atoms with van der Waals surface area (Å²) in [7, 11) is 0. The van der Waals surface area contributed by atoms with E-state index in [0.29, 0.717) is 47.5 Å². The maximum atomic E-state index is 13.2. The van der Waals surface area contributed by atoms with E-state index in [1.807, 2.05) is 35.7 Å². The van der Waals surface area contributed by atoms with Crippen LogP contribution in [0.15, 0.2) is 75.3 Å². The molecule has 35 heavy (non-hydrogen) atoms. The van der Waals surface area contributed by atoms with Crippen molar-refractivity contribution in [2.75, 3.05) is 13.1 Å². The first kappa shape index (κ1) is 24.8. The largest absolute Gasteiger partial charge is 0.481 e. The minimum Gasteiger partial charge on any atom is -0.481 e. The molecule has 0 radical (unpaired) electrons. The smallest absolute Gasteiger partial charge is 0.305 e. The van der Waals surface area contributed by atoms with Gasteiger partial charge in [0.05, 0.1) is 18.4 Å². The Hall–Kier alpha value is -3.30. The molecule has 2 aromatic heterocycles. The van der Waals surface area contributed by atoms with Crippen molar-refractivity contribution in [1.29, 1.82) is 0 Å². The number of carbonyl (C=O) groups is 2. The predicted molar refractivity (Wildman–Crippen MR) is 140 cm³/mol. The summed E-state index contributed by atoms with van der Waals surface area (Å²) in [6.07, 6.45) is 0.882. The van der Waals surface area contributed by atoms with Crippen molar-refractivity contribution in [1.82, 2.24) is 14.5 Å². The number of hydrogen-bond donors (Lipinski definition) is 1. The Bertz CT molecular complexity index is 1380. The third kappa shape index (κ3) is 6.23. The lowest BCUT2D eigenvalue weighted by molar-refractivity contribution is -0.137. The quantitative estimate of drug-likeness (QED) is 0.304. The van der Waals surface area contributed by atoms with E-state index in [9.17, 15) is 14.4 Å². The summed E-state index contributed by atoms with van der Waals surface area (Å²) < 4.78 is 2.56. The number of amides is 1. The van der Waals surface area contributed by atoms with Crippen molar-refractivity contribution in [2.24, 2.45) is 0 Å². The fraction of sp³-hybridized carbons (Fsp3) is 0.231. The molecule has 0 fully saturated rings. The molecule has 0 aliphatic heterocycles. The normalized spacial score (nSPS) is 11.0. The highest BCUT2D eigenvalue weighted by molar-refractivity contribution is 9.10. The Balaban J connectivity index is 1.54. The Morgan fingerprint density at radius 3 is 2.49 bits per heavy atom. The fourth-order valence-corrected chi connectivity index (χ4v) is 4.90. The molecular formula is C26H24BrN3O4S. The van der Waals surface area contributed by atoms with Crippen molar-refractivity contribution in [3.63, 3.8) is 0 Å². The van der Waals surface area contributed by atoms with Gasteiger partial charge in [0.15, 0.2) is 0 Å². The number of aliphatic carboxylic acids is 1. The van der Waals surface area contributed by atoms with Crippen LogP contribution in [-0.2, 0) is 17.8 Å². The number of thiophene rings is 1. The van der Waals surface area contributed by atoms with E-state index in [0.717, 1.165) is 10.0 Å². The van der Waals surface area contributed by atoms with Crippen LogP contribution in [-0.4, -0.2) is 44.5 Å². The summed E-state index contributed by atoms with van der Waals surface area (Å²) in [5.41, 5.74) is 1.42. The molecule has 180 valence electrons. The number of carbonyl (C=O) groups excluding carboxylic acids is 1. The van der Waals surface area contributed by atoms with Gasteiger partial charge in [-0.05, 0) is 47.7 Å². The first-order chi connectivity index (χ1) is 16.9. The summed E-state index contributed by atoms with van der Waals surface area (Å²) in [6, 6.07) is 18.5. The highest BCUT2D eigenvalue weighted by Gasteiger charge is 2.18. The molecule has 0 unspecified atom stereocenters. The zero-order valence-corrected chi connectivity index (χ0v) is 21.3. The molecule has 0 bridgehead atoms. The molecule has 0 atom stereocenters. The van der Waals surface area contributed by atoms with E-state index in [1.165, 1.54) is 11.3 Å². The zero-order chi connectivity index (χ0) is 24.8. The van der Waals surface area contributed by atoms with Gasteiger partial charge in [0, 0.05) is 29.5 Å². The van der Waals surface area contributed by atoms with Crippen LogP contribution in [0.5, 0.6) is 0 Å². The number of nitrogens with zero attached hydrogens (tertiary/aromatic N) is 3. The molecule has 9 heteroatoms. The van der Waals surface area contributed by atoms with Crippen LogP contribution >= 0.6 is 27.3 Å². The fourth-order valence-electron chi connectivity index (χ4n) is 3.86. The van der Waals surface area contributed by atoms with Gasteiger partial charge in [-0.15, -0.1) is 11.3 Å². The summed E-state index contributed by atoms with van der Waals surface area (Å²) in [5, 5.41) is 11.6. The van der Waals surface area contributed by atoms with E-state index in [4.69, 9.17) is 10.1 Å². The van der Waals surface area contributed by atoms with Crippen LogP contribution in [0.4, 0.5) is 0 Å². The average Bonchev–Trinajstić information content (AvgIpc) is 3.33. The number of rotatable bonds is 10. The Kier molecular flexibility index (Phi) is 8.09. The van der Waals surface area contributed by atoms with Crippen LogP contribution in [0.25, 0.3) is 10.2 Å². The Labute approximate surface area is 214 Å². The van der Waals surface area contributed by atoms with Crippen LogP contribution in [0.1, 0.15) is 34.6 Å². The van der Waals surface area contributed by atoms with Gasteiger partial charge in [-0.3, -0.25) is 19.0 Å². The van der Waals surface area contributed by atoms with Crippen LogP contribution < -0.4 is 5.56 Å². The number of aryl methyl sites for hydroxylation is 1. The highest BCUT2D eigenvalue weighted by Crippen LogP contribution is 2.18. The minimum atomic E-state index is -0.958. The number of fused-ring (bicyclic) bond motifs is 1. The molecular weight excluding hydrogens is 530 g/mol. The van der Waals surface area contributed by atoms with Gasteiger partial charge in [-0.25, -0.2) is 4.98 Å². The Morgan fingerprint density at radius 2 is 1.77 bits per heavy atom. The number of aromatic nitrogens is 2. The summed E-state index contributed by atoms with van der Waals surface area (Å²) in [6.45, 7) is 0.874. The molecule has 0 aliphatic rings. The topological polar surface area (TPSA) is 92.5 Å². The summed E-state index contributed by atoms with van der Waals surface area (Å²) in [5.74, 6) is -0.523. The lowest BCUT2D eigenvalue weighted by atomic mass is 10.1. The molecule has 0 saturated carbocycles. The van der Waals surface area contributed by atoms with Crippen LogP contribution in [0, 0.1) is 0 Å². The molecule has 1 N–H and O–H groups in total. The highest BCUT2D eigenvalue weighted by atomic mass is 79.9. The van der Waals surface area contributed by atoms with Crippen molar-refractivity contribution < 1.29 is 14.7 Å². The number of carboxylic acid groups (broad SMARTS) is 1. The molecule has 2 heterocycles. The molecule has 0 saturated heterocycles. The second kappa shape index (κ2) is 11.4. The molecule has 0 aliphatic carbocycles. The lowest BCUT2D eigenvalue weighted by Gasteiger charge is -2.22. The predicted octanol–water partition coefficient (Wildman–Crippen LogP) is 4.82. The number of benzene rings is 2. The van der Waals surface area contributed by atoms with Crippen molar-refractivity contribution in [3.8, 4) is 0 Å². The third-order valence-corrected chi connectivity index (χ3v) is 6.98.